The van der Waals surface area contributed by atoms with Crippen LogP contribution in [0.4, 0.5) is 20.6 Å². The molecule has 2 N–H and O–H groups in total. The van der Waals surface area contributed by atoms with Gasteiger partial charge in [-0.3, -0.25) is 14.5 Å². The second-order valence-corrected chi connectivity index (χ2v) is 6.94. The molecule has 1 aliphatic heterocycles. The lowest BCUT2D eigenvalue weighted by molar-refractivity contribution is 0.0507. The first kappa shape index (κ1) is 17.6. The molecule has 0 unspecified atom stereocenters. The van der Waals surface area contributed by atoms with Crippen LogP contribution in [0.25, 0.3) is 0 Å². The Labute approximate surface area is 150 Å². The number of para-hydroxylation sites is 1. The summed E-state index contributed by atoms with van der Waals surface area (Å²) < 4.78 is 13.6. The van der Waals surface area contributed by atoms with E-state index in [-0.39, 0.29) is 17.2 Å². The van der Waals surface area contributed by atoms with Crippen molar-refractivity contribution in [3.63, 3.8) is 0 Å². The molecule has 0 atom stereocenters. The molecule has 2 aromatic rings. The normalized spacial score (nSPS) is 13.6. The predicted octanol–water partition coefficient (Wildman–Crippen LogP) is 3.86. The van der Waals surface area contributed by atoms with Gasteiger partial charge in [0.25, 0.3) is 11.8 Å². The first-order valence-electron chi connectivity index (χ1n) is 8.04. The molecule has 6 nitrogen and oxygen atoms in total. The van der Waals surface area contributed by atoms with Crippen molar-refractivity contribution >= 4 is 29.2 Å². The number of carbonyl (C=O) groups is 3. The minimum Gasteiger partial charge on any atom is -0.308 e. The van der Waals surface area contributed by atoms with Gasteiger partial charge in [0.15, 0.2) is 0 Å². The number of nitrogens with zero attached hydrogens (tertiary/aromatic N) is 1. The molecule has 0 fully saturated rings. The zero-order valence-electron chi connectivity index (χ0n) is 14.6. The first-order chi connectivity index (χ1) is 12.2. The fourth-order valence-corrected chi connectivity index (χ4v) is 2.78. The maximum Gasteiger partial charge on any atom is 0.323 e. The van der Waals surface area contributed by atoms with Crippen LogP contribution >= 0.6 is 0 Å². The summed E-state index contributed by atoms with van der Waals surface area (Å²) in [6, 6.07) is 9.60. The largest absolute Gasteiger partial charge is 0.323 e. The number of benzene rings is 2. The van der Waals surface area contributed by atoms with Crippen LogP contribution in [0.15, 0.2) is 42.5 Å². The van der Waals surface area contributed by atoms with Gasteiger partial charge in [-0.15, -0.1) is 0 Å². The third kappa shape index (κ3) is 3.15. The van der Waals surface area contributed by atoms with Gasteiger partial charge in [0.1, 0.15) is 5.82 Å². The fraction of sp³-hybridized carbons (Fsp3) is 0.211. The minimum absolute atomic E-state index is 0.0383. The standard InChI is InChI=1S/C19H18FN3O3/c1-19(2,3)23-16(24)12-9-8-11(10-13(12)17(23)25)21-18(26)22-15-7-5-4-6-14(15)20/h4-10H,1-3H3,(H2,21,22,26). The van der Waals surface area contributed by atoms with Crippen LogP contribution < -0.4 is 10.6 Å². The SMILES string of the molecule is CC(C)(C)N1C(=O)c2ccc(NC(=O)Nc3ccccc3F)cc2C1=O. The van der Waals surface area contributed by atoms with Gasteiger partial charge in [-0.05, 0) is 51.1 Å². The smallest absolute Gasteiger partial charge is 0.308 e. The molecule has 3 rings (SSSR count). The Hall–Kier alpha value is -3.22. The summed E-state index contributed by atoms with van der Waals surface area (Å²) in [4.78, 5) is 38.2. The Morgan fingerprint density at radius 1 is 0.962 bits per heavy atom. The minimum atomic E-state index is -0.653. The van der Waals surface area contributed by atoms with Crippen molar-refractivity contribution in [3.05, 3.63) is 59.4 Å². The van der Waals surface area contributed by atoms with Crippen LogP contribution in [-0.4, -0.2) is 28.3 Å². The third-order valence-corrected chi connectivity index (χ3v) is 3.94. The van der Waals surface area contributed by atoms with Crippen LogP contribution in [0.3, 0.4) is 0 Å². The molecule has 1 aliphatic rings. The number of rotatable bonds is 2. The highest BCUT2D eigenvalue weighted by Crippen LogP contribution is 2.31. The number of imide groups is 1. The first-order valence-corrected chi connectivity index (χ1v) is 8.04. The lowest BCUT2D eigenvalue weighted by atomic mass is 10.1. The lowest BCUT2D eigenvalue weighted by Gasteiger charge is -2.29. The van der Waals surface area contributed by atoms with Crippen molar-refractivity contribution in [1.29, 1.82) is 0 Å². The number of amides is 4. The van der Waals surface area contributed by atoms with E-state index in [4.69, 9.17) is 0 Å². The Balaban J connectivity index is 1.80. The van der Waals surface area contributed by atoms with Gasteiger partial charge in [0.2, 0.25) is 0 Å². The topological polar surface area (TPSA) is 78.5 Å². The number of carbonyl (C=O) groups excluding carboxylic acids is 3. The van der Waals surface area contributed by atoms with Gasteiger partial charge in [-0.25, -0.2) is 9.18 Å². The predicted molar refractivity (Wildman–Crippen MR) is 95.7 cm³/mol. The average molecular weight is 355 g/mol. The summed E-state index contributed by atoms with van der Waals surface area (Å²) in [7, 11) is 0. The van der Waals surface area contributed by atoms with Gasteiger partial charge < -0.3 is 10.6 Å². The molecule has 26 heavy (non-hydrogen) atoms. The quantitative estimate of drug-likeness (QED) is 0.803. The number of hydrogen-bond acceptors (Lipinski definition) is 3. The number of nitrogens with one attached hydrogen (secondary N) is 2. The highest BCUT2D eigenvalue weighted by atomic mass is 19.1. The Morgan fingerprint density at radius 3 is 2.27 bits per heavy atom. The molecule has 0 saturated carbocycles. The molecule has 7 heteroatoms. The fourth-order valence-electron chi connectivity index (χ4n) is 2.78. The molecule has 0 aromatic heterocycles. The van der Waals surface area contributed by atoms with Gasteiger partial charge in [0, 0.05) is 11.2 Å². The summed E-state index contributed by atoms with van der Waals surface area (Å²) >= 11 is 0. The molecule has 1 heterocycles. The molecule has 0 radical (unpaired) electrons. The molecule has 0 aliphatic carbocycles. The van der Waals surface area contributed by atoms with Gasteiger partial charge in [0.05, 0.1) is 16.8 Å². The van der Waals surface area contributed by atoms with E-state index in [0.29, 0.717) is 11.3 Å². The monoisotopic (exact) mass is 355 g/mol. The van der Waals surface area contributed by atoms with Gasteiger partial charge in [-0.2, -0.15) is 0 Å². The van der Waals surface area contributed by atoms with E-state index < -0.39 is 23.3 Å². The van der Waals surface area contributed by atoms with Crippen LogP contribution in [0.1, 0.15) is 41.5 Å². The maximum atomic E-state index is 13.6. The maximum absolute atomic E-state index is 13.6. The second-order valence-electron chi connectivity index (χ2n) is 6.94. The van der Waals surface area contributed by atoms with Crippen LogP contribution in [0, 0.1) is 5.82 Å². The molecule has 2 aromatic carbocycles. The summed E-state index contributed by atoms with van der Waals surface area (Å²) in [6.45, 7) is 5.32. The number of urea groups is 1. The molecule has 0 saturated heterocycles. The molecular weight excluding hydrogens is 337 g/mol. The molecular formula is C19H18FN3O3. The van der Waals surface area contributed by atoms with Crippen molar-refractivity contribution in [1.82, 2.24) is 4.90 Å². The molecule has 4 amide bonds. The highest BCUT2D eigenvalue weighted by molar-refractivity contribution is 6.22. The lowest BCUT2D eigenvalue weighted by Crippen LogP contribution is -2.45. The van der Waals surface area contributed by atoms with Crippen LogP contribution in [0.5, 0.6) is 0 Å². The number of halogens is 1. The number of fused-ring (bicyclic) bond motifs is 1. The molecule has 0 spiro atoms. The summed E-state index contributed by atoms with van der Waals surface area (Å²) in [5, 5.41) is 4.93. The molecule has 0 bridgehead atoms. The van der Waals surface area contributed by atoms with Crippen LogP contribution in [0.2, 0.25) is 0 Å². The average Bonchev–Trinajstić information content (AvgIpc) is 2.80. The van der Waals surface area contributed by atoms with E-state index in [1.165, 1.54) is 41.3 Å². The van der Waals surface area contributed by atoms with E-state index in [0.717, 1.165) is 0 Å². The van der Waals surface area contributed by atoms with Crippen molar-refractivity contribution in [3.8, 4) is 0 Å². The summed E-state index contributed by atoms with van der Waals surface area (Å²) in [5.41, 5.74) is 0.243. The zero-order valence-corrected chi connectivity index (χ0v) is 14.6. The Bertz CT molecular complexity index is 918. The van der Waals surface area contributed by atoms with Gasteiger partial charge in [-0.1, -0.05) is 12.1 Å². The van der Waals surface area contributed by atoms with Crippen molar-refractivity contribution in [2.45, 2.75) is 26.3 Å². The number of anilines is 2. The molecule has 134 valence electrons. The zero-order chi connectivity index (χ0) is 19.1. The summed E-state index contributed by atoms with van der Waals surface area (Å²) in [6.07, 6.45) is 0. The Kier molecular flexibility index (Phi) is 4.23. The van der Waals surface area contributed by atoms with E-state index in [1.54, 1.807) is 26.8 Å². The highest BCUT2D eigenvalue weighted by Gasteiger charge is 2.41. The van der Waals surface area contributed by atoms with E-state index in [9.17, 15) is 18.8 Å². The number of hydrogen-bond donors (Lipinski definition) is 2. The Morgan fingerprint density at radius 2 is 1.62 bits per heavy atom. The second kappa shape index (κ2) is 6.25. The summed E-state index contributed by atoms with van der Waals surface area (Å²) in [5.74, 6) is -1.33. The van der Waals surface area contributed by atoms with E-state index in [2.05, 4.69) is 10.6 Å². The van der Waals surface area contributed by atoms with Crippen molar-refractivity contribution in [2.75, 3.05) is 10.6 Å². The third-order valence-electron chi connectivity index (χ3n) is 3.94. The van der Waals surface area contributed by atoms with Crippen molar-refractivity contribution in [2.24, 2.45) is 0 Å². The van der Waals surface area contributed by atoms with E-state index in [1.807, 2.05) is 0 Å². The van der Waals surface area contributed by atoms with Crippen LogP contribution in [-0.2, 0) is 0 Å². The van der Waals surface area contributed by atoms with E-state index >= 15 is 0 Å². The van der Waals surface area contributed by atoms with Gasteiger partial charge >= 0.3 is 6.03 Å². The van der Waals surface area contributed by atoms with Crippen molar-refractivity contribution < 1.29 is 18.8 Å².